The molecule has 1 fully saturated rings. The van der Waals surface area contributed by atoms with Crippen LogP contribution in [0.4, 0.5) is 11.4 Å². The molecule has 4 rings (SSSR count). The lowest BCUT2D eigenvalue weighted by atomic mass is 10.2. The highest BCUT2D eigenvalue weighted by Crippen LogP contribution is 2.34. The number of aryl methyl sites for hydroxylation is 1. The lowest BCUT2D eigenvalue weighted by Crippen LogP contribution is -2.23. The number of amides is 2. The normalized spacial score (nSPS) is 15.2. The summed E-state index contributed by atoms with van der Waals surface area (Å²) in [5, 5.41) is 3.30. The number of likely N-dealkylation sites (N-methyl/N-ethyl adjacent to an activating group) is 1. The first-order chi connectivity index (χ1) is 17.8. The number of ether oxygens (including phenoxy) is 2. The highest BCUT2D eigenvalue weighted by atomic mass is 32.2. The highest BCUT2D eigenvalue weighted by Gasteiger charge is 2.30. The monoisotopic (exact) mass is 515 g/mol. The summed E-state index contributed by atoms with van der Waals surface area (Å²) in [6.07, 6.45) is 1.72. The SMILES string of the molecule is COC(=O)c1ccc(N=C2S/C(=C\c3ccccc3OCC(=O)Nc3ccc(C)cc3)C(=O)N2C)cc1. The number of carbonyl (C=O) groups is 3. The maximum Gasteiger partial charge on any atom is 0.337 e. The van der Waals surface area contributed by atoms with Crippen LogP contribution in [0.1, 0.15) is 21.5 Å². The number of anilines is 1. The summed E-state index contributed by atoms with van der Waals surface area (Å²) in [7, 11) is 2.97. The van der Waals surface area contributed by atoms with Crippen LogP contribution < -0.4 is 10.1 Å². The molecule has 1 heterocycles. The van der Waals surface area contributed by atoms with Crippen LogP contribution in [0.5, 0.6) is 5.75 Å². The van der Waals surface area contributed by atoms with Crippen molar-refractivity contribution >= 4 is 52.2 Å². The molecule has 3 aromatic carbocycles. The number of methoxy groups -OCH3 is 1. The summed E-state index contributed by atoms with van der Waals surface area (Å²) in [5.74, 6) is -0.443. The molecule has 0 unspecified atom stereocenters. The van der Waals surface area contributed by atoms with Crippen LogP contribution in [-0.2, 0) is 14.3 Å². The molecule has 0 spiro atoms. The van der Waals surface area contributed by atoms with Crippen molar-refractivity contribution in [2.24, 2.45) is 4.99 Å². The minimum Gasteiger partial charge on any atom is -0.483 e. The summed E-state index contributed by atoms with van der Waals surface area (Å²) in [6, 6.07) is 21.3. The molecule has 2 amide bonds. The molecule has 1 N–H and O–H groups in total. The maximum atomic E-state index is 12.9. The van der Waals surface area contributed by atoms with Crippen molar-refractivity contribution in [3.63, 3.8) is 0 Å². The van der Waals surface area contributed by atoms with E-state index in [1.54, 1.807) is 49.5 Å². The maximum absolute atomic E-state index is 12.9. The molecule has 0 bridgehead atoms. The third-order valence-electron chi connectivity index (χ3n) is 5.42. The molecule has 3 aromatic rings. The number of hydrogen-bond acceptors (Lipinski definition) is 7. The van der Waals surface area contributed by atoms with Gasteiger partial charge in [0.2, 0.25) is 0 Å². The van der Waals surface area contributed by atoms with E-state index in [0.29, 0.717) is 38.3 Å². The average molecular weight is 516 g/mol. The molecule has 188 valence electrons. The number of hydrogen-bond donors (Lipinski definition) is 1. The number of esters is 1. The third-order valence-corrected chi connectivity index (χ3v) is 6.48. The fourth-order valence-corrected chi connectivity index (χ4v) is 4.38. The average Bonchev–Trinajstić information content (AvgIpc) is 3.17. The van der Waals surface area contributed by atoms with Gasteiger partial charge in [0.15, 0.2) is 11.8 Å². The van der Waals surface area contributed by atoms with Crippen LogP contribution in [0.3, 0.4) is 0 Å². The van der Waals surface area contributed by atoms with Gasteiger partial charge in [-0.15, -0.1) is 0 Å². The Hall–Kier alpha value is -4.37. The zero-order valence-electron chi connectivity index (χ0n) is 20.6. The van der Waals surface area contributed by atoms with Crippen molar-refractivity contribution in [2.75, 3.05) is 26.1 Å². The molecule has 37 heavy (non-hydrogen) atoms. The Labute approximate surface area is 219 Å². The van der Waals surface area contributed by atoms with E-state index in [4.69, 9.17) is 9.47 Å². The van der Waals surface area contributed by atoms with E-state index in [9.17, 15) is 14.4 Å². The number of aliphatic imine (C=N–C) groups is 1. The summed E-state index contributed by atoms with van der Waals surface area (Å²) >= 11 is 1.23. The number of carbonyl (C=O) groups excluding carboxylic acids is 3. The first kappa shape index (κ1) is 25.7. The summed E-state index contributed by atoms with van der Waals surface area (Å²) in [6.45, 7) is 1.80. The van der Waals surface area contributed by atoms with Gasteiger partial charge >= 0.3 is 5.97 Å². The first-order valence-electron chi connectivity index (χ1n) is 11.4. The van der Waals surface area contributed by atoms with Crippen LogP contribution in [0, 0.1) is 6.92 Å². The van der Waals surface area contributed by atoms with Crippen molar-refractivity contribution in [1.29, 1.82) is 0 Å². The Morgan fingerprint density at radius 3 is 2.43 bits per heavy atom. The molecular weight excluding hydrogens is 490 g/mol. The second-order valence-electron chi connectivity index (χ2n) is 8.15. The molecule has 0 aliphatic carbocycles. The van der Waals surface area contributed by atoms with Gasteiger partial charge in [-0.3, -0.25) is 14.5 Å². The minimum absolute atomic E-state index is 0.177. The smallest absolute Gasteiger partial charge is 0.337 e. The molecule has 8 nitrogen and oxygen atoms in total. The van der Waals surface area contributed by atoms with Crippen LogP contribution in [0.15, 0.2) is 82.7 Å². The number of para-hydroxylation sites is 1. The zero-order valence-corrected chi connectivity index (χ0v) is 21.4. The lowest BCUT2D eigenvalue weighted by molar-refractivity contribution is -0.121. The number of nitrogens with one attached hydrogen (secondary N) is 1. The number of amidine groups is 1. The molecule has 0 aromatic heterocycles. The van der Waals surface area contributed by atoms with Gasteiger partial charge < -0.3 is 14.8 Å². The fraction of sp³-hybridized carbons (Fsp3) is 0.143. The summed E-state index contributed by atoms with van der Waals surface area (Å²) in [5.41, 5.74) is 3.47. The number of nitrogens with zero attached hydrogens (tertiary/aromatic N) is 2. The molecule has 0 atom stereocenters. The first-order valence-corrected chi connectivity index (χ1v) is 12.2. The largest absolute Gasteiger partial charge is 0.483 e. The van der Waals surface area contributed by atoms with Gasteiger partial charge in [0, 0.05) is 18.3 Å². The van der Waals surface area contributed by atoms with Crippen LogP contribution in [0.2, 0.25) is 0 Å². The van der Waals surface area contributed by atoms with Crippen molar-refractivity contribution < 1.29 is 23.9 Å². The van der Waals surface area contributed by atoms with Gasteiger partial charge in [-0.2, -0.15) is 0 Å². The topological polar surface area (TPSA) is 97.3 Å². The van der Waals surface area contributed by atoms with Crippen molar-refractivity contribution in [2.45, 2.75) is 6.92 Å². The van der Waals surface area contributed by atoms with E-state index >= 15 is 0 Å². The Morgan fingerprint density at radius 2 is 1.73 bits per heavy atom. The Morgan fingerprint density at radius 1 is 1.03 bits per heavy atom. The Kier molecular flexibility index (Phi) is 8.05. The van der Waals surface area contributed by atoms with E-state index in [-0.39, 0.29) is 18.4 Å². The van der Waals surface area contributed by atoms with Gasteiger partial charge in [0.25, 0.3) is 11.8 Å². The van der Waals surface area contributed by atoms with E-state index < -0.39 is 5.97 Å². The van der Waals surface area contributed by atoms with Crippen LogP contribution in [0.25, 0.3) is 6.08 Å². The van der Waals surface area contributed by atoms with Crippen LogP contribution >= 0.6 is 11.8 Å². The Bertz CT molecular complexity index is 1380. The predicted octanol–water partition coefficient (Wildman–Crippen LogP) is 5.03. The highest BCUT2D eigenvalue weighted by molar-refractivity contribution is 8.18. The van der Waals surface area contributed by atoms with E-state index in [2.05, 4.69) is 10.3 Å². The van der Waals surface area contributed by atoms with Gasteiger partial charge in [-0.25, -0.2) is 9.79 Å². The Balaban J connectivity index is 1.46. The van der Waals surface area contributed by atoms with E-state index in [0.717, 1.165) is 5.56 Å². The number of rotatable bonds is 7. The lowest BCUT2D eigenvalue weighted by Gasteiger charge is -2.10. The van der Waals surface area contributed by atoms with E-state index in [1.165, 1.54) is 23.8 Å². The van der Waals surface area contributed by atoms with Gasteiger partial charge in [0.1, 0.15) is 5.75 Å². The van der Waals surface area contributed by atoms with Crippen molar-refractivity contribution in [3.8, 4) is 5.75 Å². The minimum atomic E-state index is -0.430. The molecule has 1 saturated heterocycles. The molecular formula is C28H25N3O5S. The van der Waals surface area contributed by atoms with Crippen LogP contribution in [-0.4, -0.2) is 48.6 Å². The summed E-state index contributed by atoms with van der Waals surface area (Å²) < 4.78 is 10.5. The predicted molar refractivity (Wildman–Crippen MR) is 145 cm³/mol. The molecule has 1 aliphatic heterocycles. The summed E-state index contributed by atoms with van der Waals surface area (Å²) in [4.78, 5) is 43.3. The molecule has 9 heteroatoms. The second kappa shape index (κ2) is 11.6. The zero-order chi connectivity index (χ0) is 26.4. The van der Waals surface area contributed by atoms with Crippen molar-refractivity contribution in [3.05, 3.63) is 94.4 Å². The third kappa shape index (κ3) is 6.45. The fourth-order valence-electron chi connectivity index (χ4n) is 3.40. The molecule has 1 aliphatic rings. The van der Waals surface area contributed by atoms with Crippen molar-refractivity contribution in [1.82, 2.24) is 4.90 Å². The van der Waals surface area contributed by atoms with Gasteiger partial charge in [-0.1, -0.05) is 35.9 Å². The van der Waals surface area contributed by atoms with Gasteiger partial charge in [-0.05, 0) is 67.2 Å². The van der Waals surface area contributed by atoms with E-state index in [1.807, 2.05) is 43.3 Å². The molecule has 0 saturated carbocycles. The number of benzene rings is 3. The second-order valence-corrected chi connectivity index (χ2v) is 9.16. The van der Waals surface area contributed by atoms with Gasteiger partial charge in [0.05, 0.1) is 23.3 Å². The molecule has 0 radical (unpaired) electrons. The standard InChI is InChI=1S/C28H25N3O5S/c1-18-8-12-21(13-9-18)29-25(32)17-36-23-7-5-4-6-20(23)16-24-26(33)31(2)28(37-24)30-22-14-10-19(11-15-22)27(34)35-3/h4-16H,17H2,1-3H3,(H,29,32)/b24-16-,30-28?. The quantitative estimate of drug-likeness (QED) is 0.350. The number of thioether (sulfide) groups is 1.